The summed E-state index contributed by atoms with van der Waals surface area (Å²) in [5, 5.41) is 0. The van der Waals surface area contributed by atoms with Crippen molar-refractivity contribution in [2.24, 2.45) is 5.92 Å². The van der Waals surface area contributed by atoms with Gasteiger partial charge < -0.3 is 0 Å². The van der Waals surface area contributed by atoms with E-state index in [1.165, 1.54) is 70.6 Å². The van der Waals surface area contributed by atoms with Crippen LogP contribution in [0.2, 0.25) is 0 Å². The van der Waals surface area contributed by atoms with Crippen molar-refractivity contribution in [3.63, 3.8) is 0 Å². The summed E-state index contributed by atoms with van der Waals surface area (Å²) in [4.78, 5) is 0. The lowest BCUT2D eigenvalue weighted by atomic mass is 9.87. The molecule has 0 amide bonds. The highest BCUT2D eigenvalue weighted by Crippen LogP contribution is 2.26. The minimum absolute atomic E-state index is 1.06. The third-order valence-corrected chi connectivity index (χ3v) is 3.52. The molecule has 1 saturated carbocycles. The summed E-state index contributed by atoms with van der Waals surface area (Å²) in [6.07, 6.45) is 18.5. The van der Waals surface area contributed by atoms with Crippen LogP contribution in [0, 0.1) is 12.3 Å². The lowest BCUT2D eigenvalue weighted by Gasteiger charge is -2.19. The zero-order chi connectivity index (χ0) is 10.1. The van der Waals surface area contributed by atoms with Crippen LogP contribution >= 0.6 is 0 Å². The van der Waals surface area contributed by atoms with Crippen LogP contribution < -0.4 is 0 Å². The van der Waals surface area contributed by atoms with Gasteiger partial charge in [-0.2, -0.15) is 0 Å². The van der Waals surface area contributed by atoms with E-state index in [2.05, 4.69) is 13.3 Å². The molecule has 0 nitrogen and oxygen atoms in total. The van der Waals surface area contributed by atoms with E-state index in [9.17, 15) is 0 Å². The van der Waals surface area contributed by atoms with E-state index >= 15 is 0 Å². The Morgan fingerprint density at radius 1 is 1.00 bits per heavy atom. The van der Waals surface area contributed by atoms with E-state index in [0.29, 0.717) is 0 Å². The summed E-state index contributed by atoms with van der Waals surface area (Å²) in [5.41, 5.74) is 0. The predicted molar refractivity (Wildman–Crippen MR) is 64.3 cm³/mol. The van der Waals surface area contributed by atoms with E-state index in [1.807, 2.05) is 0 Å². The summed E-state index contributed by atoms with van der Waals surface area (Å²) in [6, 6.07) is 0. The van der Waals surface area contributed by atoms with Gasteiger partial charge in [-0.15, -0.1) is 0 Å². The first-order valence-electron chi connectivity index (χ1n) is 6.75. The quantitative estimate of drug-likeness (QED) is 0.533. The molecule has 0 spiro atoms. The van der Waals surface area contributed by atoms with Gasteiger partial charge >= 0.3 is 0 Å². The first kappa shape index (κ1) is 12.1. The van der Waals surface area contributed by atoms with Gasteiger partial charge in [-0.1, -0.05) is 71.1 Å². The average Bonchev–Trinajstić information content (AvgIpc) is 2.15. The summed E-state index contributed by atoms with van der Waals surface area (Å²) in [5.74, 6) is 1.06. The molecule has 0 heterocycles. The zero-order valence-electron chi connectivity index (χ0n) is 9.93. The maximum Gasteiger partial charge on any atom is -0.0386 e. The highest BCUT2D eigenvalue weighted by molar-refractivity contribution is 4.72. The highest BCUT2D eigenvalue weighted by atomic mass is 14.2. The van der Waals surface area contributed by atoms with Gasteiger partial charge in [0, 0.05) is 0 Å². The Balaban J connectivity index is 2.02. The lowest BCUT2D eigenvalue weighted by molar-refractivity contribution is 0.369. The molecule has 1 atom stereocenters. The fourth-order valence-electron chi connectivity index (χ4n) is 2.51. The Bertz CT molecular complexity index is 109. The number of hydrogen-bond donors (Lipinski definition) is 0. The highest BCUT2D eigenvalue weighted by Gasteiger charge is 2.10. The van der Waals surface area contributed by atoms with E-state index < -0.39 is 0 Å². The van der Waals surface area contributed by atoms with Gasteiger partial charge in [-0.25, -0.2) is 0 Å². The SMILES string of the molecule is CCCCCCC1CC[CH]CCCC1. The molecule has 0 heteroatoms. The molecule has 0 aromatic rings. The molecule has 0 N–H and O–H groups in total. The smallest absolute Gasteiger partial charge is 0.0386 e. The zero-order valence-corrected chi connectivity index (χ0v) is 9.93. The van der Waals surface area contributed by atoms with E-state index in [1.54, 1.807) is 0 Å². The summed E-state index contributed by atoms with van der Waals surface area (Å²) in [7, 11) is 0. The molecule has 0 aromatic carbocycles. The maximum absolute atomic E-state index is 2.51. The van der Waals surface area contributed by atoms with Gasteiger partial charge in [0.1, 0.15) is 0 Å². The summed E-state index contributed by atoms with van der Waals surface area (Å²) < 4.78 is 0. The molecule has 14 heavy (non-hydrogen) atoms. The van der Waals surface area contributed by atoms with Crippen molar-refractivity contribution in [1.82, 2.24) is 0 Å². The van der Waals surface area contributed by atoms with Gasteiger partial charge in [0.15, 0.2) is 0 Å². The van der Waals surface area contributed by atoms with E-state index in [-0.39, 0.29) is 0 Å². The molecule has 0 aliphatic heterocycles. The van der Waals surface area contributed by atoms with Crippen molar-refractivity contribution in [1.29, 1.82) is 0 Å². The van der Waals surface area contributed by atoms with Crippen LogP contribution in [0.4, 0.5) is 0 Å². The monoisotopic (exact) mass is 195 g/mol. The number of rotatable bonds is 5. The minimum Gasteiger partial charge on any atom is -0.0654 e. The maximum atomic E-state index is 2.51. The first-order valence-corrected chi connectivity index (χ1v) is 6.75. The molecular weight excluding hydrogens is 168 g/mol. The molecule has 1 fully saturated rings. The molecular formula is C14H27. The third-order valence-electron chi connectivity index (χ3n) is 3.52. The van der Waals surface area contributed by atoms with Crippen LogP contribution in [0.1, 0.15) is 77.6 Å². The normalized spacial score (nSPS) is 20.4. The van der Waals surface area contributed by atoms with Crippen LogP contribution in [0.3, 0.4) is 0 Å². The second kappa shape index (κ2) is 8.32. The molecule has 1 radical (unpaired) electrons. The molecule has 1 aliphatic rings. The predicted octanol–water partition coefficient (Wildman–Crippen LogP) is 5.13. The van der Waals surface area contributed by atoms with Crippen molar-refractivity contribution in [3.8, 4) is 0 Å². The largest absolute Gasteiger partial charge is 0.0654 e. The summed E-state index contributed by atoms with van der Waals surface area (Å²) >= 11 is 0. The Morgan fingerprint density at radius 3 is 2.79 bits per heavy atom. The molecule has 0 aromatic heterocycles. The molecule has 0 saturated heterocycles. The second-order valence-electron chi connectivity index (χ2n) is 4.87. The van der Waals surface area contributed by atoms with Crippen molar-refractivity contribution < 1.29 is 0 Å². The Morgan fingerprint density at radius 2 is 1.93 bits per heavy atom. The van der Waals surface area contributed by atoms with Crippen LogP contribution in [0.25, 0.3) is 0 Å². The van der Waals surface area contributed by atoms with Crippen LogP contribution in [0.5, 0.6) is 0 Å². The standard InChI is InChI=1S/C14H27/c1-2-3-4-8-11-14-12-9-6-5-7-10-13-14/h6,14H,2-5,7-13H2,1H3. The van der Waals surface area contributed by atoms with E-state index in [4.69, 9.17) is 0 Å². The van der Waals surface area contributed by atoms with Crippen molar-refractivity contribution in [2.45, 2.75) is 77.6 Å². The average molecular weight is 195 g/mol. The van der Waals surface area contributed by atoms with Gasteiger partial charge in [-0.05, 0) is 18.8 Å². The fourth-order valence-corrected chi connectivity index (χ4v) is 2.51. The molecule has 1 aliphatic carbocycles. The molecule has 1 unspecified atom stereocenters. The number of unbranched alkanes of at least 4 members (excludes halogenated alkanes) is 3. The van der Waals surface area contributed by atoms with Gasteiger partial charge in [-0.3, -0.25) is 0 Å². The van der Waals surface area contributed by atoms with Gasteiger partial charge in [0.25, 0.3) is 0 Å². The summed E-state index contributed by atoms with van der Waals surface area (Å²) in [6.45, 7) is 2.30. The van der Waals surface area contributed by atoms with Crippen LogP contribution in [-0.2, 0) is 0 Å². The van der Waals surface area contributed by atoms with Crippen molar-refractivity contribution in [2.75, 3.05) is 0 Å². The molecule has 0 bridgehead atoms. The fraction of sp³-hybridized carbons (Fsp3) is 0.929. The van der Waals surface area contributed by atoms with Crippen molar-refractivity contribution in [3.05, 3.63) is 6.42 Å². The van der Waals surface area contributed by atoms with Gasteiger partial charge in [0.05, 0.1) is 0 Å². The van der Waals surface area contributed by atoms with Crippen LogP contribution in [0.15, 0.2) is 0 Å². The second-order valence-corrected chi connectivity index (χ2v) is 4.87. The minimum atomic E-state index is 1.06. The Labute approximate surface area is 90.5 Å². The number of hydrogen-bond acceptors (Lipinski definition) is 0. The first-order chi connectivity index (χ1) is 6.93. The van der Waals surface area contributed by atoms with Gasteiger partial charge in [0.2, 0.25) is 0 Å². The van der Waals surface area contributed by atoms with E-state index in [0.717, 1.165) is 5.92 Å². The Hall–Kier alpha value is 0. The van der Waals surface area contributed by atoms with Crippen LogP contribution in [-0.4, -0.2) is 0 Å². The molecule has 1 rings (SSSR count). The Kier molecular flexibility index (Phi) is 7.17. The molecule has 83 valence electrons. The lowest BCUT2D eigenvalue weighted by Crippen LogP contribution is -2.03. The third kappa shape index (κ3) is 5.67. The topological polar surface area (TPSA) is 0 Å². The van der Waals surface area contributed by atoms with Crippen molar-refractivity contribution >= 4 is 0 Å².